The minimum Gasteiger partial charge on any atom is -0.293 e. The van der Waals surface area contributed by atoms with Crippen molar-refractivity contribution in [3.63, 3.8) is 0 Å². The van der Waals surface area contributed by atoms with E-state index in [-0.39, 0.29) is 30.6 Å². The quantitative estimate of drug-likeness (QED) is 0.495. The molecule has 118 valence electrons. The van der Waals surface area contributed by atoms with Crippen LogP contribution in [0.4, 0.5) is 0 Å². The van der Waals surface area contributed by atoms with Gasteiger partial charge in [0.25, 0.3) is 11.8 Å². The third-order valence-electron chi connectivity index (χ3n) is 3.81. The number of nitrogens with zero attached hydrogens (tertiary/aromatic N) is 1. The molecule has 0 radical (unpaired) electrons. The van der Waals surface area contributed by atoms with Gasteiger partial charge in [0.15, 0.2) is 5.78 Å². The predicted molar refractivity (Wildman–Crippen MR) is 89.6 cm³/mol. The number of ketones is 1. The zero-order chi connectivity index (χ0) is 16.9. The molecule has 2 amide bonds. The number of amides is 2. The van der Waals surface area contributed by atoms with Crippen molar-refractivity contribution in [3.05, 3.63) is 71.3 Å². The highest BCUT2D eigenvalue weighted by atomic mass is 16.2. The number of benzene rings is 2. The molecule has 4 nitrogen and oxygen atoms in total. The van der Waals surface area contributed by atoms with Crippen molar-refractivity contribution in [2.75, 3.05) is 6.54 Å². The lowest BCUT2D eigenvalue weighted by molar-refractivity contribution is 0.0657. The molecule has 2 aromatic carbocycles. The van der Waals surface area contributed by atoms with Crippen LogP contribution >= 0.6 is 0 Å². The Morgan fingerprint density at radius 2 is 1.42 bits per heavy atom. The summed E-state index contributed by atoms with van der Waals surface area (Å²) in [5, 5.41) is 0. The maximum absolute atomic E-state index is 12.2. The molecule has 2 aromatic rings. The number of carbonyl (C=O) groups is 3. The van der Waals surface area contributed by atoms with Crippen LogP contribution in [0.1, 0.15) is 43.9 Å². The van der Waals surface area contributed by atoms with E-state index in [4.69, 9.17) is 0 Å². The fraction of sp³-hybridized carbons (Fsp3) is 0.150. The monoisotopic (exact) mass is 317 g/mol. The highest BCUT2D eigenvalue weighted by Gasteiger charge is 2.34. The minimum absolute atomic E-state index is 0.0381. The van der Waals surface area contributed by atoms with E-state index in [2.05, 4.69) is 11.8 Å². The van der Waals surface area contributed by atoms with Crippen molar-refractivity contribution in [3.8, 4) is 11.8 Å². The maximum Gasteiger partial charge on any atom is 0.261 e. The molecule has 0 aromatic heterocycles. The van der Waals surface area contributed by atoms with E-state index >= 15 is 0 Å². The van der Waals surface area contributed by atoms with E-state index in [0.717, 1.165) is 0 Å². The van der Waals surface area contributed by atoms with E-state index in [1.807, 2.05) is 18.2 Å². The first-order valence-electron chi connectivity index (χ1n) is 7.67. The van der Waals surface area contributed by atoms with Crippen molar-refractivity contribution in [1.82, 2.24) is 4.90 Å². The average Bonchev–Trinajstić information content (AvgIpc) is 2.87. The fourth-order valence-electron chi connectivity index (χ4n) is 2.57. The van der Waals surface area contributed by atoms with Crippen molar-refractivity contribution < 1.29 is 14.4 Å². The molecule has 1 heterocycles. The molecule has 0 aliphatic carbocycles. The molecule has 0 unspecified atom stereocenters. The highest BCUT2D eigenvalue weighted by Crippen LogP contribution is 2.22. The molecular weight excluding hydrogens is 302 g/mol. The summed E-state index contributed by atoms with van der Waals surface area (Å²) in [5.74, 6) is 5.08. The van der Waals surface area contributed by atoms with Crippen molar-refractivity contribution >= 4 is 17.6 Å². The van der Waals surface area contributed by atoms with Crippen molar-refractivity contribution in [2.24, 2.45) is 0 Å². The van der Waals surface area contributed by atoms with Crippen LogP contribution in [0.5, 0.6) is 0 Å². The van der Waals surface area contributed by atoms with Crippen molar-refractivity contribution in [2.45, 2.75) is 12.8 Å². The number of hydrogen-bond donors (Lipinski definition) is 0. The summed E-state index contributed by atoms with van der Waals surface area (Å²) in [6.07, 6.45) is 0.486. The molecule has 4 heteroatoms. The molecule has 24 heavy (non-hydrogen) atoms. The van der Waals surface area contributed by atoms with Gasteiger partial charge in [0, 0.05) is 18.5 Å². The van der Waals surface area contributed by atoms with E-state index in [0.29, 0.717) is 23.1 Å². The Morgan fingerprint density at radius 1 is 0.833 bits per heavy atom. The summed E-state index contributed by atoms with van der Waals surface area (Å²) in [5.41, 5.74) is 1.51. The maximum atomic E-state index is 12.2. The normalized spacial score (nSPS) is 12.6. The lowest BCUT2D eigenvalue weighted by Gasteiger charge is -2.10. The Kier molecular flexibility index (Phi) is 4.53. The van der Waals surface area contributed by atoms with Crippen LogP contribution < -0.4 is 0 Å². The van der Waals surface area contributed by atoms with Gasteiger partial charge in [-0.3, -0.25) is 19.3 Å². The zero-order valence-corrected chi connectivity index (χ0v) is 13.0. The number of Topliss-reactive ketones (excluding diaryl/α,β-unsaturated/α-hetero) is 1. The molecular formula is C20H15NO3. The van der Waals surface area contributed by atoms with Crippen LogP contribution in [0, 0.1) is 11.8 Å². The molecule has 0 atom stereocenters. The van der Waals surface area contributed by atoms with Gasteiger partial charge in [-0.05, 0) is 12.1 Å². The highest BCUT2D eigenvalue weighted by molar-refractivity contribution is 6.21. The van der Waals surface area contributed by atoms with E-state index in [1.165, 1.54) is 4.90 Å². The number of rotatable bonds is 4. The second kappa shape index (κ2) is 6.93. The first-order valence-corrected chi connectivity index (χ1v) is 7.67. The molecule has 3 rings (SSSR count). The van der Waals surface area contributed by atoms with Gasteiger partial charge < -0.3 is 0 Å². The lowest BCUT2D eigenvalue weighted by Crippen LogP contribution is -2.30. The Labute approximate surface area is 140 Å². The summed E-state index contributed by atoms with van der Waals surface area (Å²) in [7, 11) is 0. The molecule has 0 saturated heterocycles. The molecule has 0 saturated carbocycles. The van der Waals surface area contributed by atoms with Gasteiger partial charge in [0.2, 0.25) is 0 Å². The van der Waals surface area contributed by atoms with E-state index in [9.17, 15) is 14.4 Å². The lowest BCUT2D eigenvalue weighted by atomic mass is 10.1. The van der Waals surface area contributed by atoms with Crippen molar-refractivity contribution in [1.29, 1.82) is 0 Å². The van der Waals surface area contributed by atoms with Crippen LogP contribution in [-0.2, 0) is 0 Å². The molecule has 0 spiro atoms. The van der Waals surface area contributed by atoms with Gasteiger partial charge in [0.05, 0.1) is 17.5 Å². The van der Waals surface area contributed by atoms with Gasteiger partial charge in [0.1, 0.15) is 0 Å². The Bertz CT molecular complexity index is 824. The Morgan fingerprint density at radius 3 is 2.04 bits per heavy atom. The standard InChI is InChI=1S/C20H15NO3/c22-18(15-9-3-1-4-10-15)13-5-2-8-14-21-19(23)16-11-6-7-12-17(16)20(21)24/h1,3-4,6-7,9-12H,8,13-14H2. The third-order valence-corrected chi connectivity index (χ3v) is 3.81. The molecule has 1 aliphatic rings. The Hall–Kier alpha value is -3.19. The SMILES string of the molecule is O=C(CC#CCCN1C(=O)c2ccccc2C1=O)c1ccccc1. The predicted octanol–water partition coefficient (Wildman–Crippen LogP) is 2.95. The summed E-state index contributed by atoms with van der Waals surface area (Å²) >= 11 is 0. The van der Waals surface area contributed by atoms with Gasteiger partial charge in [-0.1, -0.05) is 48.4 Å². The number of fused-ring (bicyclic) bond motifs is 1. The summed E-state index contributed by atoms with van der Waals surface area (Å²) < 4.78 is 0. The van der Waals surface area contributed by atoms with E-state index in [1.54, 1.807) is 36.4 Å². The second-order valence-electron chi connectivity index (χ2n) is 5.38. The van der Waals surface area contributed by atoms with Gasteiger partial charge >= 0.3 is 0 Å². The number of carbonyl (C=O) groups excluding carboxylic acids is 3. The molecule has 0 fully saturated rings. The second-order valence-corrected chi connectivity index (χ2v) is 5.38. The van der Waals surface area contributed by atoms with Gasteiger partial charge in [-0.15, -0.1) is 5.92 Å². The van der Waals surface area contributed by atoms with Crippen LogP contribution in [0.2, 0.25) is 0 Å². The first kappa shape index (κ1) is 15.7. The molecule has 0 N–H and O–H groups in total. The number of hydrogen-bond acceptors (Lipinski definition) is 3. The summed E-state index contributed by atoms with van der Waals surface area (Å²) in [4.78, 5) is 37.4. The third kappa shape index (κ3) is 3.11. The minimum atomic E-state index is -0.280. The van der Waals surface area contributed by atoms with Gasteiger partial charge in [-0.2, -0.15) is 0 Å². The smallest absolute Gasteiger partial charge is 0.261 e. The van der Waals surface area contributed by atoms with E-state index < -0.39 is 0 Å². The van der Waals surface area contributed by atoms with Crippen LogP contribution in [0.25, 0.3) is 0 Å². The molecule has 0 bridgehead atoms. The van der Waals surface area contributed by atoms with Crippen LogP contribution in [-0.4, -0.2) is 29.0 Å². The molecule has 1 aliphatic heterocycles. The number of imide groups is 1. The summed E-state index contributed by atoms with van der Waals surface area (Å²) in [6.45, 7) is 0.235. The van der Waals surface area contributed by atoms with Gasteiger partial charge in [-0.25, -0.2) is 0 Å². The topological polar surface area (TPSA) is 54.5 Å². The Balaban J connectivity index is 1.54. The van der Waals surface area contributed by atoms with Crippen LogP contribution in [0.15, 0.2) is 54.6 Å². The summed E-state index contributed by atoms with van der Waals surface area (Å²) in [6, 6.07) is 15.8. The van der Waals surface area contributed by atoms with Crippen LogP contribution in [0.3, 0.4) is 0 Å². The largest absolute Gasteiger partial charge is 0.293 e. The first-order chi connectivity index (χ1) is 11.7. The average molecular weight is 317 g/mol. The zero-order valence-electron chi connectivity index (χ0n) is 13.0. The fourth-order valence-corrected chi connectivity index (χ4v) is 2.57.